The molecule has 1 saturated heterocycles. The largest absolute Gasteiger partial charge is 0.376 e. The lowest BCUT2D eigenvalue weighted by Crippen LogP contribution is -2.39. The number of rotatable bonds is 7. The Bertz CT molecular complexity index is 715. The Morgan fingerprint density at radius 2 is 2.12 bits per heavy atom. The van der Waals surface area contributed by atoms with Gasteiger partial charge in [-0.05, 0) is 25.3 Å². The SMILES string of the molecule is Cc1ccc(Cn2ccnc2CN(CC2CCCO2)C(=O)C(C)C)cc1. The normalized spacial score (nSPS) is 17.0. The van der Waals surface area contributed by atoms with E-state index in [0.717, 1.165) is 31.8 Å². The molecule has 0 radical (unpaired) electrons. The molecule has 26 heavy (non-hydrogen) atoms. The molecule has 1 aromatic carbocycles. The van der Waals surface area contributed by atoms with Crippen molar-refractivity contribution in [2.45, 2.75) is 52.8 Å². The van der Waals surface area contributed by atoms with E-state index < -0.39 is 0 Å². The number of aromatic nitrogens is 2. The maximum Gasteiger partial charge on any atom is 0.225 e. The molecule has 0 spiro atoms. The Hall–Kier alpha value is -2.14. The van der Waals surface area contributed by atoms with Crippen LogP contribution in [0.1, 0.15) is 43.6 Å². The summed E-state index contributed by atoms with van der Waals surface area (Å²) in [4.78, 5) is 19.1. The van der Waals surface area contributed by atoms with Crippen LogP contribution in [0.5, 0.6) is 0 Å². The number of hydrogen-bond donors (Lipinski definition) is 0. The van der Waals surface area contributed by atoms with Crippen LogP contribution >= 0.6 is 0 Å². The lowest BCUT2D eigenvalue weighted by atomic mass is 10.1. The van der Waals surface area contributed by atoms with Gasteiger partial charge in [-0.2, -0.15) is 0 Å². The Kier molecular flexibility index (Phi) is 6.09. The van der Waals surface area contributed by atoms with Crippen molar-refractivity contribution in [1.82, 2.24) is 14.5 Å². The van der Waals surface area contributed by atoms with E-state index in [-0.39, 0.29) is 17.9 Å². The number of ether oxygens (including phenoxy) is 1. The molecule has 1 aliphatic rings. The van der Waals surface area contributed by atoms with Crippen LogP contribution in [-0.4, -0.2) is 39.6 Å². The summed E-state index contributed by atoms with van der Waals surface area (Å²) < 4.78 is 7.87. The van der Waals surface area contributed by atoms with Crippen LogP contribution in [0.25, 0.3) is 0 Å². The van der Waals surface area contributed by atoms with Gasteiger partial charge in [0.25, 0.3) is 0 Å². The summed E-state index contributed by atoms with van der Waals surface area (Å²) in [5.41, 5.74) is 2.49. The van der Waals surface area contributed by atoms with Crippen LogP contribution in [0.3, 0.4) is 0 Å². The predicted octanol–water partition coefficient (Wildman–Crippen LogP) is 3.40. The van der Waals surface area contributed by atoms with Gasteiger partial charge in [0.1, 0.15) is 5.82 Å². The lowest BCUT2D eigenvalue weighted by molar-refractivity contribution is -0.136. The summed E-state index contributed by atoms with van der Waals surface area (Å²) in [6.07, 6.45) is 6.06. The second-order valence-corrected chi connectivity index (χ2v) is 7.47. The first-order valence-electron chi connectivity index (χ1n) is 9.49. The van der Waals surface area contributed by atoms with Gasteiger partial charge in [-0.15, -0.1) is 0 Å². The highest BCUT2D eigenvalue weighted by Crippen LogP contribution is 2.17. The molecule has 0 saturated carbocycles. The summed E-state index contributed by atoms with van der Waals surface area (Å²) in [6.45, 7) is 8.72. The second kappa shape index (κ2) is 8.49. The monoisotopic (exact) mass is 355 g/mol. The van der Waals surface area contributed by atoms with E-state index in [4.69, 9.17) is 4.74 Å². The summed E-state index contributed by atoms with van der Waals surface area (Å²) in [7, 11) is 0. The van der Waals surface area contributed by atoms with Crippen LogP contribution in [0, 0.1) is 12.8 Å². The van der Waals surface area contributed by atoms with Gasteiger partial charge >= 0.3 is 0 Å². The highest BCUT2D eigenvalue weighted by atomic mass is 16.5. The number of hydrogen-bond acceptors (Lipinski definition) is 3. The molecule has 5 nitrogen and oxygen atoms in total. The molecule has 3 rings (SSSR count). The lowest BCUT2D eigenvalue weighted by Gasteiger charge is -2.27. The molecule has 0 aliphatic carbocycles. The van der Waals surface area contributed by atoms with Crippen LogP contribution in [0.2, 0.25) is 0 Å². The fourth-order valence-corrected chi connectivity index (χ4v) is 3.33. The first kappa shape index (κ1) is 18.6. The van der Waals surface area contributed by atoms with E-state index in [0.29, 0.717) is 13.1 Å². The number of nitrogens with zero attached hydrogens (tertiary/aromatic N) is 3. The summed E-state index contributed by atoms with van der Waals surface area (Å²) in [6, 6.07) is 8.53. The van der Waals surface area contributed by atoms with E-state index in [2.05, 4.69) is 40.7 Å². The van der Waals surface area contributed by atoms with E-state index in [9.17, 15) is 4.79 Å². The molecule has 1 amide bonds. The number of benzene rings is 1. The molecule has 1 fully saturated rings. The average Bonchev–Trinajstić information content (AvgIpc) is 3.28. The average molecular weight is 355 g/mol. The van der Waals surface area contributed by atoms with Gasteiger partial charge in [-0.25, -0.2) is 4.98 Å². The number of imidazole rings is 1. The molecule has 1 unspecified atom stereocenters. The van der Waals surface area contributed by atoms with E-state index in [1.807, 2.05) is 31.1 Å². The standard InChI is InChI=1S/C21H29N3O2/c1-16(2)21(25)24(14-19-5-4-12-26-19)15-20-22-10-11-23(20)13-18-8-6-17(3)7-9-18/h6-11,16,19H,4-5,12-15H2,1-3H3. The Labute approximate surface area is 156 Å². The van der Waals surface area contributed by atoms with Gasteiger partial charge in [0.05, 0.1) is 12.6 Å². The van der Waals surface area contributed by atoms with Crippen molar-refractivity contribution in [2.24, 2.45) is 5.92 Å². The minimum absolute atomic E-state index is 0.0306. The third kappa shape index (κ3) is 4.73. The van der Waals surface area contributed by atoms with Crippen molar-refractivity contribution in [3.63, 3.8) is 0 Å². The zero-order valence-corrected chi connectivity index (χ0v) is 16.0. The minimum Gasteiger partial charge on any atom is -0.376 e. The second-order valence-electron chi connectivity index (χ2n) is 7.47. The van der Waals surface area contributed by atoms with Crippen LogP contribution < -0.4 is 0 Å². The summed E-state index contributed by atoms with van der Waals surface area (Å²) >= 11 is 0. The van der Waals surface area contributed by atoms with Crippen molar-refractivity contribution < 1.29 is 9.53 Å². The summed E-state index contributed by atoms with van der Waals surface area (Å²) in [5.74, 6) is 1.04. The molecule has 0 N–H and O–H groups in total. The van der Waals surface area contributed by atoms with Gasteiger partial charge in [0.15, 0.2) is 0 Å². The Morgan fingerprint density at radius 3 is 2.77 bits per heavy atom. The number of amides is 1. The molecule has 0 bridgehead atoms. The van der Waals surface area contributed by atoms with E-state index in [1.165, 1.54) is 11.1 Å². The molecule has 1 aromatic heterocycles. The predicted molar refractivity (Wildman–Crippen MR) is 102 cm³/mol. The van der Waals surface area contributed by atoms with Crippen molar-refractivity contribution >= 4 is 5.91 Å². The summed E-state index contributed by atoms with van der Waals surface area (Å²) in [5, 5.41) is 0. The molecule has 1 atom stereocenters. The zero-order chi connectivity index (χ0) is 18.5. The Balaban J connectivity index is 1.72. The highest BCUT2D eigenvalue weighted by molar-refractivity contribution is 5.78. The highest BCUT2D eigenvalue weighted by Gasteiger charge is 2.25. The topological polar surface area (TPSA) is 47.4 Å². The smallest absolute Gasteiger partial charge is 0.225 e. The molecule has 2 aromatic rings. The molecule has 1 aliphatic heterocycles. The number of aryl methyl sites for hydroxylation is 1. The third-order valence-corrected chi connectivity index (χ3v) is 4.86. The van der Waals surface area contributed by atoms with Crippen LogP contribution in [0.15, 0.2) is 36.7 Å². The van der Waals surface area contributed by atoms with Crippen LogP contribution in [0.4, 0.5) is 0 Å². The Morgan fingerprint density at radius 1 is 1.35 bits per heavy atom. The van der Waals surface area contributed by atoms with Crippen LogP contribution in [-0.2, 0) is 22.6 Å². The van der Waals surface area contributed by atoms with E-state index in [1.54, 1.807) is 0 Å². The molecule has 5 heteroatoms. The van der Waals surface area contributed by atoms with Gasteiger partial charge in [0.2, 0.25) is 5.91 Å². The minimum atomic E-state index is -0.0306. The van der Waals surface area contributed by atoms with Gasteiger partial charge in [-0.1, -0.05) is 43.7 Å². The van der Waals surface area contributed by atoms with Gasteiger partial charge in [0, 0.05) is 38.0 Å². The van der Waals surface area contributed by atoms with Gasteiger partial charge < -0.3 is 14.2 Å². The van der Waals surface area contributed by atoms with Crippen molar-refractivity contribution in [3.8, 4) is 0 Å². The zero-order valence-electron chi connectivity index (χ0n) is 16.0. The van der Waals surface area contributed by atoms with E-state index >= 15 is 0 Å². The van der Waals surface area contributed by atoms with Gasteiger partial charge in [-0.3, -0.25) is 4.79 Å². The van der Waals surface area contributed by atoms with Crippen molar-refractivity contribution in [1.29, 1.82) is 0 Å². The first-order valence-corrected chi connectivity index (χ1v) is 9.49. The number of carbonyl (C=O) groups is 1. The fourth-order valence-electron chi connectivity index (χ4n) is 3.33. The molecular weight excluding hydrogens is 326 g/mol. The first-order chi connectivity index (χ1) is 12.5. The van der Waals surface area contributed by atoms with Crippen molar-refractivity contribution in [3.05, 3.63) is 53.6 Å². The molecule has 140 valence electrons. The molecule has 2 heterocycles. The maximum atomic E-state index is 12.7. The van der Waals surface area contributed by atoms with Crippen molar-refractivity contribution in [2.75, 3.05) is 13.2 Å². The number of carbonyl (C=O) groups excluding carboxylic acids is 1. The fraction of sp³-hybridized carbons (Fsp3) is 0.524. The molecular formula is C21H29N3O2. The third-order valence-electron chi connectivity index (χ3n) is 4.86. The quantitative estimate of drug-likeness (QED) is 0.765. The maximum absolute atomic E-state index is 12.7.